The molecule has 3 aliphatic carbocycles. The van der Waals surface area contributed by atoms with Gasteiger partial charge >= 0.3 is 11.9 Å². The van der Waals surface area contributed by atoms with Gasteiger partial charge in [0.05, 0.1) is 24.4 Å². The van der Waals surface area contributed by atoms with E-state index in [0.717, 1.165) is 0 Å². The monoisotopic (exact) mass is 518 g/mol. The molecule has 0 aromatic carbocycles. The smallest absolute Gasteiger partial charge is 0.338 e. The van der Waals surface area contributed by atoms with Crippen molar-refractivity contribution in [2.75, 3.05) is 13.2 Å². The molecule has 10 nitrogen and oxygen atoms in total. The van der Waals surface area contributed by atoms with Crippen LogP contribution in [-0.4, -0.2) is 87.8 Å². The Morgan fingerprint density at radius 1 is 1.05 bits per heavy atom. The van der Waals surface area contributed by atoms with Crippen LogP contribution in [0.5, 0.6) is 0 Å². The number of hydrogen-bond donors (Lipinski definition) is 3. The molecule has 8 rings (SSSR count). The van der Waals surface area contributed by atoms with E-state index >= 15 is 0 Å². The Hall–Kier alpha value is -1.98. The van der Waals surface area contributed by atoms with Gasteiger partial charge in [-0.15, -0.1) is 0 Å². The van der Waals surface area contributed by atoms with Crippen LogP contribution in [0.25, 0.3) is 0 Å². The molecule has 8 bridgehead atoms. The summed E-state index contributed by atoms with van der Waals surface area (Å²) in [4.78, 5) is 26.2. The number of carbonyl (C=O) groups is 2. The van der Waals surface area contributed by atoms with E-state index in [9.17, 15) is 24.9 Å². The molecule has 3 N–H and O–H groups in total. The van der Waals surface area contributed by atoms with Crippen LogP contribution in [0.1, 0.15) is 52.4 Å². The molecule has 0 amide bonds. The summed E-state index contributed by atoms with van der Waals surface area (Å²) in [5, 5.41) is 34.4. The zero-order valence-corrected chi connectivity index (χ0v) is 21.1. The highest BCUT2D eigenvalue weighted by molar-refractivity contribution is 5.82. The number of carbonyl (C=O) groups excluding carboxylic acids is 2. The first-order valence-electron chi connectivity index (χ1n) is 13.3. The van der Waals surface area contributed by atoms with Gasteiger partial charge < -0.3 is 39.0 Å². The number of epoxide rings is 1. The number of ether oxygens (including phenoxy) is 5. The number of aliphatic hydroxyl groups excluding tert-OH is 1. The molecule has 6 unspecified atom stereocenters. The zero-order valence-electron chi connectivity index (χ0n) is 21.1. The lowest BCUT2D eigenvalue weighted by Crippen LogP contribution is -2.80. The molecule has 5 heterocycles. The lowest BCUT2D eigenvalue weighted by atomic mass is 9.40. The average Bonchev–Trinajstić information content (AvgIpc) is 3.54. The molecule has 5 aliphatic heterocycles. The summed E-state index contributed by atoms with van der Waals surface area (Å²) in [5.74, 6) is -1.18. The molecule has 4 saturated heterocycles. The Bertz CT molecular complexity index is 1110. The third-order valence-electron chi connectivity index (χ3n) is 11.0. The maximum absolute atomic E-state index is 13.3. The van der Waals surface area contributed by atoms with Crippen LogP contribution < -0.4 is 0 Å². The number of hydrogen-bond acceptors (Lipinski definition) is 10. The fourth-order valence-electron chi connectivity index (χ4n) is 8.70. The fraction of sp³-hybridized carbons (Fsp3) is 0.778. The van der Waals surface area contributed by atoms with Gasteiger partial charge in [-0.3, -0.25) is 0 Å². The van der Waals surface area contributed by atoms with Crippen molar-refractivity contribution in [1.82, 2.24) is 0 Å². The molecule has 3 saturated carbocycles. The molecule has 0 aromatic rings. The highest BCUT2D eigenvalue weighted by Gasteiger charge is 2.84. The number of esters is 2. The third kappa shape index (κ3) is 2.83. The minimum absolute atomic E-state index is 0.0796. The van der Waals surface area contributed by atoms with Crippen LogP contribution in [0.4, 0.5) is 0 Å². The van der Waals surface area contributed by atoms with Crippen LogP contribution in [0.2, 0.25) is 0 Å². The first-order chi connectivity index (χ1) is 17.5. The Morgan fingerprint density at radius 2 is 1.86 bits per heavy atom. The first-order valence-corrected chi connectivity index (χ1v) is 13.3. The summed E-state index contributed by atoms with van der Waals surface area (Å²) < 4.78 is 29.8. The van der Waals surface area contributed by atoms with E-state index < -0.39 is 70.1 Å². The number of aliphatic hydroxyl groups is 3. The molecule has 0 radical (unpaired) electrons. The Morgan fingerprint density at radius 3 is 2.68 bits per heavy atom. The van der Waals surface area contributed by atoms with E-state index in [1.165, 1.54) is 6.08 Å². The van der Waals surface area contributed by atoms with E-state index in [1.807, 2.05) is 6.92 Å². The second kappa shape index (κ2) is 7.35. The largest absolute Gasteiger partial charge is 0.495 e. The minimum atomic E-state index is -1.37. The second-order valence-corrected chi connectivity index (χ2v) is 12.5. The summed E-state index contributed by atoms with van der Waals surface area (Å²) in [7, 11) is 0. The summed E-state index contributed by atoms with van der Waals surface area (Å²) >= 11 is 0. The van der Waals surface area contributed by atoms with Gasteiger partial charge in [0.15, 0.2) is 6.10 Å². The van der Waals surface area contributed by atoms with Crippen molar-refractivity contribution >= 4 is 11.9 Å². The molecule has 8 aliphatic rings. The van der Waals surface area contributed by atoms with Gasteiger partial charge in [0.2, 0.25) is 0 Å². The zero-order chi connectivity index (χ0) is 26.0. The molecular formula is C27H34O10. The van der Waals surface area contributed by atoms with Crippen LogP contribution in [0.3, 0.4) is 0 Å². The van der Waals surface area contributed by atoms with Gasteiger partial charge in [-0.1, -0.05) is 13.0 Å². The Labute approximate surface area is 214 Å². The molecule has 37 heavy (non-hydrogen) atoms. The van der Waals surface area contributed by atoms with E-state index in [0.29, 0.717) is 44.3 Å². The van der Waals surface area contributed by atoms with Gasteiger partial charge in [-0.25, -0.2) is 9.59 Å². The third-order valence-corrected chi connectivity index (χ3v) is 11.0. The van der Waals surface area contributed by atoms with Crippen molar-refractivity contribution in [2.45, 2.75) is 99.7 Å². The van der Waals surface area contributed by atoms with Crippen LogP contribution in [0, 0.1) is 16.7 Å². The minimum Gasteiger partial charge on any atom is -0.495 e. The molecule has 10 heteroatoms. The maximum atomic E-state index is 13.3. The SMILES string of the molecule is C[C@]12C3C[C@@H]4O[C@@H]5[C@H](CC41O)[C@@](C)(O)CCC52COC(=O)C1OC12CCO/C(=C/C/C=C\C(=O)O3)C2O. The Balaban J connectivity index is 1.30. The Kier molecular flexibility index (Phi) is 4.79. The lowest BCUT2D eigenvalue weighted by molar-refractivity contribution is -0.377. The van der Waals surface area contributed by atoms with Crippen molar-refractivity contribution < 1.29 is 48.6 Å². The molecule has 11 atom stereocenters. The predicted molar refractivity (Wildman–Crippen MR) is 124 cm³/mol. The highest BCUT2D eigenvalue weighted by atomic mass is 16.7. The summed E-state index contributed by atoms with van der Waals surface area (Å²) in [5.41, 5.74) is -5.36. The standard InChI is InChI=1S/C27H34O10/c1-23(31)7-8-25-13-34-22(30)21-26(37-21)9-10-33-15(19(26)29)5-3-4-6-18(28)35-16-11-17-27(32,24(16,25)2)12-14(23)20(25)36-17/h4-6,14,16-17,19-21,29,31-32H,3,7-13H2,1-2H3/b6-4-,15-5+/t14-,16?,17-,19?,20+,21?,23-,24+,25?,26?,27?/m0/s1. The van der Waals surface area contributed by atoms with Crippen LogP contribution in [-0.2, 0) is 33.3 Å². The quantitative estimate of drug-likeness (QED) is 0.309. The fourth-order valence-corrected chi connectivity index (χ4v) is 8.70. The molecule has 7 fully saturated rings. The van der Waals surface area contributed by atoms with E-state index in [1.54, 1.807) is 19.1 Å². The van der Waals surface area contributed by atoms with Gasteiger partial charge in [-0.05, 0) is 38.7 Å². The number of rotatable bonds is 0. The lowest BCUT2D eigenvalue weighted by Gasteiger charge is -2.71. The van der Waals surface area contributed by atoms with Crippen molar-refractivity contribution in [3.05, 3.63) is 24.0 Å². The molecular weight excluding hydrogens is 484 g/mol. The van der Waals surface area contributed by atoms with Crippen LogP contribution >= 0.6 is 0 Å². The van der Waals surface area contributed by atoms with E-state index in [-0.39, 0.29) is 19.1 Å². The van der Waals surface area contributed by atoms with Crippen LogP contribution in [0.15, 0.2) is 24.0 Å². The van der Waals surface area contributed by atoms with E-state index in [4.69, 9.17) is 23.7 Å². The summed E-state index contributed by atoms with van der Waals surface area (Å²) in [6.45, 7) is 3.89. The number of cyclic esters (lactones) is 1. The van der Waals surface area contributed by atoms with Gasteiger partial charge in [0.1, 0.15) is 35.8 Å². The normalized spacial score (nSPS) is 58.2. The summed E-state index contributed by atoms with van der Waals surface area (Å²) in [6, 6.07) is 0. The van der Waals surface area contributed by atoms with Crippen molar-refractivity contribution in [3.63, 3.8) is 0 Å². The van der Waals surface area contributed by atoms with Crippen molar-refractivity contribution in [1.29, 1.82) is 0 Å². The topological polar surface area (TPSA) is 144 Å². The second-order valence-electron chi connectivity index (χ2n) is 12.5. The molecule has 2 spiro atoms. The van der Waals surface area contributed by atoms with Gasteiger partial charge in [0, 0.05) is 35.7 Å². The first kappa shape index (κ1) is 24.1. The van der Waals surface area contributed by atoms with Crippen molar-refractivity contribution in [2.24, 2.45) is 16.7 Å². The van der Waals surface area contributed by atoms with Crippen molar-refractivity contribution in [3.8, 4) is 0 Å². The number of fused-ring (bicyclic) bond motifs is 1. The average molecular weight is 519 g/mol. The highest BCUT2D eigenvalue weighted by Crippen LogP contribution is 2.74. The van der Waals surface area contributed by atoms with Gasteiger partial charge in [0.25, 0.3) is 0 Å². The summed E-state index contributed by atoms with van der Waals surface area (Å²) in [6.07, 6.45) is 3.03. The maximum Gasteiger partial charge on any atom is 0.338 e. The predicted octanol–water partition coefficient (Wildman–Crippen LogP) is 0.664. The van der Waals surface area contributed by atoms with E-state index in [2.05, 4.69) is 0 Å². The van der Waals surface area contributed by atoms with Gasteiger partial charge in [-0.2, -0.15) is 0 Å². The molecule has 202 valence electrons. The molecule has 0 aromatic heterocycles. The number of allylic oxidation sites excluding steroid dienone is 2.